The smallest absolute Gasteiger partial charge is 0.417 e. The number of carboxylic acids is 1. The maximum Gasteiger partial charge on any atom is 0.417 e. The van der Waals surface area contributed by atoms with Crippen LogP contribution in [0.2, 0.25) is 5.02 Å². The summed E-state index contributed by atoms with van der Waals surface area (Å²) in [6.45, 7) is 1.42. The Balaban J connectivity index is 2.10. The van der Waals surface area contributed by atoms with Crippen molar-refractivity contribution in [2.24, 2.45) is 0 Å². The Kier molecular flexibility index (Phi) is 8.54. The Morgan fingerprint density at radius 2 is 1.54 bits per heavy atom. The summed E-state index contributed by atoms with van der Waals surface area (Å²) in [5.41, 5.74) is -1.12. The van der Waals surface area contributed by atoms with Gasteiger partial charge in [-0.15, -0.1) is 0 Å². The normalized spacial score (nSPS) is 12.7. The van der Waals surface area contributed by atoms with Crippen LogP contribution in [-0.4, -0.2) is 47.7 Å². The van der Waals surface area contributed by atoms with Crippen LogP contribution in [0.4, 0.5) is 37.7 Å². The topological polar surface area (TPSA) is 60.9 Å². The van der Waals surface area contributed by atoms with Crippen LogP contribution >= 0.6 is 11.6 Å². The molecule has 12 heteroatoms. The predicted octanol–water partition coefficient (Wildman–Crippen LogP) is 7.58. The summed E-state index contributed by atoms with van der Waals surface area (Å²) in [4.78, 5) is 25.6. The average molecular weight is 573 g/mol. The monoisotopic (exact) mass is 572 g/mol. The molecule has 208 valence electrons. The number of carbonyl (C=O) groups is 2. The van der Waals surface area contributed by atoms with Gasteiger partial charge in [-0.1, -0.05) is 29.8 Å². The highest BCUT2D eigenvalue weighted by atomic mass is 35.5. The Morgan fingerprint density at radius 3 is 2.10 bits per heavy atom. The standard InChI is InChI=1S/C27H23ClF6N2O3/c1-15-11-20(8-10-23(15)28)36(14-26(29,30)31)19-6-4-5-17(12-19)18-7-9-21(22(13-18)27(32,33)34)24(37)35(3)16(2)25(38)39/h4-13,16H,14H2,1-3H3,(H,38,39)/t16-/m0/s1. The number of aliphatic carboxylic acids is 1. The highest BCUT2D eigenvalue weighted by Crippen LogP contribution is 2.38. The number of carboxylic acid groups (broad SMARTS) is 1. The van der Waals surface area contributed by atoms with Crippen LogP contribution in [0.15, 0.2) is 60.7 Å². The number of amides is 1. The van der Waals surface area contributed by atoms with Crippen molar-refractivity contribution in [3.8, 4) is 11.1 Å². The fourth-order valence-corrected chi connectivity index (χ4v) is 3.95. The number of likely N-dealkylation sites (N-methyl/N-ethyl adjacent to an activating group) is 1. The third-order valence-corrected chi connectivity index (χ3v) is 6.52. The van der Waals surface area contributed by atoms with Gasteiger partial charge in [0.15, 0.2) is 0 Å². The molecule has 0 fully saturated rings. The lowest BCUT2D eigenvalue weighted by atomic mass is 9.97. The number of nitrogens with zero attached hydrogens (tertiary/aromatic N) is 2. The van der Waals surface area contributed by atoms with Crippen LogP contribution in [0.1, 0.15) is 28.4 Å². The molecule has 3 aromatic carbocycles. The van der Waals surface area contributed by atoms with E-state index in [1.165, 1.54) is 48.5 Å². The van der Waals surface area contributed by atoms with Crippen molar-refractivity contribution in [2.75, 3.05) is 18.5 Å². The van der Waals surface area contributed by atoms with Gasteiger partial charge in [-0.3, -0.25) is 4.79 Å². The van der Waals surface area contributed by atoms with E-state index in [2.05, 4.69) is 0 Å². The molecular weight excluding hydrogens is 550 g/mol. The van der Waals surface area contributed by atoms with Gasteiger partial charge in [0, 0.05) is 23.4 Å². The largest absolute Gasteiger partial charge is 0.480 e. The summed E-state index contributed by atoms with van der Waals surface area (Å²) in [5.74, 6) is -2.54. The molecule has 0 spiro atoms. The molecule has 1 amide bonds. The van der Waals surface area contributed by atoms with Gasteiger partial charge in [-0.25, -0.2) is 4.79 Å². The lowest BCUT2D eigenvalue weighted by molar-refractivity contribution is -0.141. The second-order valence-corrected chi connectivity index (χ2v) is 9.28. The molecule has 0 aliphatic carbocycles. The molecule has 3 aromatic rings. The predicted molar refractivity (Wildman–Crippen MR) is 135 cm³/mol. The van der Waals surface area contributed by atoms with E-state index in [0.29, 0.717) is 21.6 Å². The molecule has 39 heavy (non-hydrogen) atoms. The number of anilines is 2. The van der Waals surface area contributed by atoms with E-state index in [-0.39, 0.29) is 22.5 Å². The molecular formula is C27H23ClF6N2O3. The molecule has 0 saturated carbocycles. The first-order valence-corrected chi connectivity index (χ1v) is 11.8. The van der Waals surface area contributed by atoms with Gasteiger partial charge in [0.1, 0.15) is 12.6 Å². The number of benzene rings is 3. The molecule has 0 aromatic heterocycles. The molecule has 0 unspecified atom stereocenters. The van der Waals surface area contributed by atoms with Crippen molar-refractivity contribution in [3.63, 3.8) is 0 Å². The van der Waals surface area contributed by atoms with Gasteiger partial charge in [0.2, 0.25) is 0 Å². The maximum absolute atomic E-state index is 14.0. The van der Waals surface area contributed by atoms with E-state index in [0.717, 1.165) is 24.9 Å². The van der Waals surface area contributed by atoms with Gasteiger partial charge < -0.3 is 14.9 Å². The molecule has 3 rings (SSSR count). The number of hydrogen-bond acceptors (Lipinski definition) is 3. The first kappa shape index (κ1) is 29.8. The maximum atomic E-state index is 14.0. The number of rotatable bonds is 7. The summed E-state index contributed by atoms with van der Waals surface area (Å²) >= 11 is 6.02. The second-order valence-electron chi connectivity index (χ2n) is 8.87. The van der Waals surface area contributed by atoms with Gasteiger partial charge in [-0.05, 0) is 73.0 Å². The fraction of sp³-hybridized carbons (Fsp3) is 0.259. The second kappa shape index (κ2) is 11.2. The van der Waals surface area contributed by atoms with Crippen LogP contribution in [0.5, 0.6) is 0 Å². The van der Waals surface area contributed by atoms with E-state index in [9.17, 15) is 35.9 Å². The Morgan fingerprint density at radius 1 is 0.923 bits per heavy atom. The molecule has 0 aliphatic heterocycles. The zero-order chi connectivity index (χ0) is 29.3. The number of aryl methyl sites for hydroxylation is 1. The van der Waals surface area contributed by atoms with E-state index in [1.54, 1.807) is 6.92 Å². The number of alkyl halides is 6. The zero-order valence-electron chi connectivity index (χ0n) is 20.9. The lowest BCUT2D eigenvalue weighted by Crippen LogP contribution is -2.40. The van der Waals surface area contributed by atoms with Crippen LogP contribution in [0.3, 0.4) is 0 Å². The molecule has 0 bridgehead atoms. The minimum absolute atomic E-state index is 0.00564. The van der Waals surface area contributed by atoms with E-state index >= 15 is 0 Å². The summed E-state index contributed by atoms with van der Waals surface area (Å²) in [6.07, 6.45) is -9.58. The van der Waals surface area contributed by atoms with Crippen LogP contribution in [0.25, 0.3) is 11.1 Å². The van der Waals surface area contributed by atoms with Crippen molar-refractivity contribution in [1.82, 2.24) is 4.90 Å². The number of halogens is 7. The van der Waals surface area contributed by atoms with Crippen molar-refractivity contribution in [3.05, 3.63) is 82.4 Å². The van der Waals surface area contributed by atoms with Gasteiger partial charge in [-0.2, -0.15) is 26.3 Å². The highest BCUT2D eigenvalue weighted by molar-refractivity contribution is 6.31. The average Bonchev–Trinajstić information content (AvgIpc) is 2.86. The molecule has 5 nitrogen and oxygen atoms in total. The van der Waals surface area contributed by atoms with Crippen molar-refractivity contribution >= 4 is 34.9 Å². The third-order valence-electron chi connectivity index (χ3n) is 6.10. The molecule has 0 aliphatic rings. The molecule has 0 saturated heterocycles. The fourth-order valence-electron chi connectivity index (χ4n) is 3.84. The van der Waals surface area contributed by atoms with Crippen molar-refractivity contribution in [2.45, 2.75) is 32.2 Å². The van der Waals surface area contributed by atoms with Gasteiger partial charge in [0.05, 0.1) is 11.1 Å². The molecule has 0 heterocycles. The van der Waals surface area contributed by atoms with E-state index in [4.69, 9.17) is 16.7 Å². The SMILES string of the molecule is Cc1cc(N(CC(F)(F)F)c2cccc(-c3ccc(C(=O)N(C)[C@@H](C)C(=O)O)c(C(F)(F)F)c3)c2)ccc1Cl. The Hall–Kier alpha value is -3.73. The molecule has 1 N–H and O–H groups in total. The first-order valence-electron chi connectivity index (χ1n) is 11.4. The van der Waals surface area contributed by atoms with Crippen LogP contribution in [-0.2, 0) is 11.0 Å². The Bertz CT molecular complexity index is 1390. The summed E-state index contributed by atoms with van der Waals surface area (Å²) in [7, 11) is 1.08. The number of hydrogen-bond donors (Lipinski definition) is 1. The van der Waals surface area contributed by atoms with E-state index < -0.39 is 47.9 Å². The third kappa shape index (κ3) is 7.03. The first-order chi connectivity index (χ1) is 18.0. The minimum atomic E-state index is -4.98. The Labute approximate surface area is 225 Å². The molecule has 1 atom stereocenters. The number of carbonyl (C=O) groups excluding carboxylic acids is 1. The zero-order valence-corrected chi connectivity index (χ0v) is 21.6. The summed E-state index contributed by atoms with van der Waals surface area (Å²) < 4.78 is 82.4. The van der Waals surface area contributed by atoms with Gasteiger partial charge in [0.25, 0.3) is 5.91 Å². The van der Waals surface area contributed by atoms with E-state index in [1.807, 2.05) is 0 Å². The van der Waals surface area contributed by atoms with Crippen molar-refractivity contribution in [1.29, 1.82) is 0 Å². The lowest BCUT2D eigenvalue weighted by Gasteiger charge is -2.27. The molecule has 0 radical (unpaired) electrons. The quantitative estimate of drug-likeness (QED) is 0.297. The highest BCUT2D eigenvalue weighted by Gasteiger charge is 2.37. The summed E-state index contributed by atoms with van der Waals surface area (Å²) in [5, 5.41) is 9.48. The summed E-state index contributed by atoms with van der Waals surface area (Å²) in [6, 6.07) is 11.3. The van der Waals surface area contributed by atoms with Crippen LogP contribution < -0.4 is 4.90 Å². The van der Waals surface area contributed by atoms with Gasteiger partial charge >= 0.3 is 18.3 Å². The minimum Gasteiger partial charge on any atom is -0.480 e. The van der Waals surface area contributed by atoms with Crippen LogP contribution in [0, 0.1) is 6.92 Å². The van der Waals surface area contributed by atoms with Crippen molar-refractivity contribution < 1.29 is 41.0 Å².